The third-order valence-electron chi connectivity index (χ3n) is 4.66. The second-order valence-electron chi connectivity index (χ2n) is 6.28. The lowest BCUT2D eigenvalue weighted by Crippen LogP contribution is -2.34. The normalized spacial score (nSPS) is 23.1. The molecule has 4 rings (SSSR count). The van der Waals surface area contributed by atoms with Crippen molar-refractivity contribution in [2.45, 2.75) is 43.6 Å². The number of benzene rings is 1. The molecule has 1 fully saturated rings. The zero-order valence-corrected chi connectivity index (χ0v) is 13.0. The number of halogens is 1. The summed E-state index contributed by atoms with van der Waals surface area (Å²) in [6.45, 7) is 0.536. The highest BCUT2D eigenvalue weighted by Gasteiger charge is 2.37. The van der Waals surface area contributed by atoms with E-state index in [9.17, 15) is 0 Å². The monoisotopic (exact) mass is 319 g/mol. The summed E-state index contributed by atoms with van der Waals surface area (Å²) < 4.78 is 11.3. The molecular formula is C16H18ClN3O2. The minimum absolute atomic E-state index is 0.0530. The van der Waals surface area contributed by atoms with Crippen LogP contribution in [-0.4, -0.2) is 16.7 Å². The second-order valence-corrected chi connectivity index (χ2v) is 6.72. The number of hydrogen-bond acceptors (Lipinski definition) is 5. The van der Waals surface area contributed by atoms with Gasteiger partial charge in [0.1, 0.15) is 12.4 Å². The fourth-order valence-corrected chi connectivity index (χ4v) is 3.55. The summed E-state index contributed by atoms with van der Waals surface area (Å²) in [7, 11) is 0. The molecule has 5 nitrogen and oxygen atoms in total. The zero-order chi connectivity index (χ0) is 15.2. The number of nitrogens with two attached hydrogens (primary N) is 1. The molecule has 0 amide bonds. The number of ether oxygens (including phenoxy) is 1. The highest BCUT2D eigenvalue weighted by Crippen LogP contribution is 2.37. The van der Waals surface area contributed by atoms with Gasteiger partial charge in [0.25, 0.3) is 0 Å². The maximum absolute atomic E-state index is 6.39. The number of hydrogen-bond donors (Lipinski definition) is 1. The quantitative estimate of drug-likeness (QED) is 0.920. The van der Waals surface area contributed by atoms with Crippen molar-refractivity contribution in [3.8, 4) is 5.75 Å². The van der Waals surface area contributed by atoms with E-state index in [0.717, 1.165) is 43.4 Å². The van der Waals surface area contributed by atoms with Crippen LogP contribution in [0.4, 0.5) is 0 Å². The Morgan fingerprint density at radius 2 is 2.09 bits per heavy atom. The average molecular weight is 320 g/mol. The SMILES string of the molecule is NC1(c2noc(C3COc4ccc(Cl)cc4C3)n2)CCCC1. The topological polar surface area (TPSA) is 74.2 Å². The summed E-state index contributed by atoms with van der Waals surface area (Å²) in [4.78, 5) is 4.57. The molecule has 1 aromatic heterocycles. The van der Waals surface area contributed by atoms with Crippen molar-refractivity contribution < 1.29 is 9.26 Å². The maximum atomic E-state index is 6.39. The summed E-state index contributed by atoms with van der Waals surface area (Å²) in [5.41, 5.74) is 7.04. The Morgan fingerprint density at radius 1 is 1.27 bits per heavy atom. The van der Waals surface area contributed by atoms with Crippen LogP contribution in [0.15, 0.2) is 22.7 Å². The molecular weight excluding hydrogens is 302 g/mol. The summed E-state index contributed by atoms with van der Waals surface area (Å²) in [6, 6.07) is 5.67. The van der Waals surface area contributed by atoms with Crippen molar-refractivity contribution in [3.05, 3.63) is 40.5 Å². The second kappa shape index (κ2) is 5.25. The van der Waals surface area contributed by atoms with Crippen molar-refractivity contribution in [1.82, 2.24) is 10.1 Å². The Kier molecular flexibility index (Phi) is 3.35. The van der Waals surface area contributed by atoms with Crippen molar-refractivity contribution in [2.75, 3.05) is 6.61 Å². The molecule has 0 saturated heterocycles. The number of aromatic nitrogens is 2. The minimum Gasteiger partial charge on any atom is -0.492 e. The van der Waals surface area contributed by atoms with E-state index in [2.05, 4.69) is 10.1 Å². The summed E-state index contributed by atoms with van der Waals surface area (Å²) in [5.74, 6) is 2.18. The van der Waals surface area contributed by atoms with Gasteiger partial charge in [0, 0.05) is 5.02 Å². The van der Waals surface area contributed by atoms with Crippen LogP contribution in [0.3, 0.4) is 0 Å². The van der Waals surface area contributed by atoms with Crippen molar-refractivity contribution in [1.29, 1.82) is 0 Å². The molecule has 6 heteroatoms. The fourth-order valence-electron chi connectivity index (χ4n) is 3.35. The van der Waals surface area contributed by atoms with Crippen LogP contribution in [0.2, 0.25) is 5.02 Å². The maximum Gasteiger partial charge on any atom is 0.233 e. The number of fused-ring (bicyclic) bond motifs is 1. The first kappa shape index (κ1) is 14.0. The Labute approximate surface area is 133 Å². The molecule has 1 aromatic carbocycles. The van der Waals surface area contributed by atoms with Gasteiger partial charge in [0.2, 0.25) is 5.89 Å². The van der Waals surface area contributed by atoms with E-state index in [4.69, 9.17) is 26.6 Å². The number of rotatable bonds is 2. The van der Waals surface area contributed by atoms with Gasteiger partial charge >= 0.3 is 0 Å². The molecule has 0 bridgehead atoms. The first-order valence-electron chi connectivity index (χ1n) is 7.68. The van der Waals surface area contributed by atoms with E-state index < -0.39 is 5.54 Å². The van der Waals surface area contributed by atoms with Gasteiger partial charge in [-0.3, -0.25) is 0 Å². The molecule has 116 valence electrons. The van der Waals surface area contributed by atoms with Gasteiger partial charge in [-0.2, -0.15) is 4.98 Å². The Morgan fingerprint density at radius 3 is 2.91 bits per heavy atom. The van der Waals surface area contributed by atoms with Crippen molar-refractivity contribution in [2.24, 2.45) is 5.73 Å². The molecule has 2 aromatic rings. The first-order chi connectivity index (χ1) is 10.6. The first-order valence-corrected chi connectivity index (χ1v) is 8.06. The molecule has 1 saturated carbocycles. The standard InChI is InChI=1S/C16H18ClN3O2/c17-12-3-4-13-10(8-12)7-11(9-21-13)14-19-15(20-22-14)16(18)5-1-2-6-16/h3-4,8,11H,1-2,5-7,9,18H2. The van der Waals surface area contributed by atoms with E-state index in [1.54, 1.807) is 0 Å². The van der Waals surface area contributed by atoms with Crippen LogP contribution >= 0.6 is 11.6 Å². The van der Waals surface area contributed by atoms with E-state index in [1.807, 2.05) is 18.2 Å². The van der Waals surface area contributed by atoms with Gasteiger partial charge in [0.05, 0.1) is 11.5 Å². The Hall–Kier alpha value is -1.59. The highest BCUT2D eigenvalue weighted by molar-refractivity contribution is 6.30. The molecule has 0 spiro atoms. The lowest BCUT2D eigenvalue weighted by molar-refractivity contribution is 0.229. The van der Waals surface area contributed by atoms with Crippen LogP contribution in [0, 0.1) is 0 Å². The molecule has 1 unspecified atom stereocenters. The zero-order valence-electron chi connectivity index (χ0n) is 12.2. The molecule has 22 heavy (non-hydrogen) atoms. The fraction of sp³-hybridized carbons (Fsp3) is 0.500. The van der Waals surface area contributed by atoms with Crippen molar-refractivity contribution in [3.63, 3.8) is 0 Å². The predicted molar refractivity (Wildman–Crippen MR) is 82.0 cm³/mol. The molecule has 1 aliphatic carbocycles. The van der Waals surface area contributed by atoms with Gasteiger partial charge in [-0.05, 0) is 43.0 Å². The van der Waals surface area contributed by atoms with E-state index >= 15 is 0 Å². The van der Waals surface area contributed by atoms with Gasteiger partial charge < -0.3 is 15.0 Å². The molecule has 2 N–H and O–H groups in total. The highest BCUT2D eigenvalue weighted by atomic mass is 35.5. The molecule has 2 aliphatic rings. The van der Waals surface area contributed by atoms with Gasteiger partial charge in [-0.25, -0.2) is 0 Å². The van der Waals surface area contributed by atoms with E-state index in [0.29, 0.717) is 23.3 Å². The van der Waals surface area contributed by atoms with Gasteiger partial charge in [-0.15, -0.1) is 0 Å². The number of nitrogens with zero attached hydrogens (tertiary/aromatic N) is 2. The third-order valence-corrected chi connectivity index (χ3v) is 4.90. The van der Waals surface area contributed by atoms with Crippen LogP contribution in [-0.2, 0) is 12.0 Å². The van der Waals surface area contributed by atoms with Crippen LogP contribution in [0.25, 0.3) is 0 Å². The Bertz CT molecular complexity index is 694. The summed E-state index contributed by atoms with van der Waals surface area (Å²) in [5, 5.41) is 4.84. The molecule has 0 radical (unpaired) electrons. The average Bonchev–Trinajstić information content (AvgIpc) is 3.16. The largest absolute Gasteiger partial charge is 0.492 e. The van der Waals surface area contributed by atoms with Crippen LogP contribution in [0.5, 0.6) is 5.75 Å². The smallest absolute Gasteiger partial charge is 0.233 e. The minimum atomic E-state index is -0.418. The molecule has 2 heterocycles. The summed E-state index contributed by atoms with van der Waals surface area (Å²) >= 11 is 6.06. The molecule has 1 atom stereocenters. The Balaban J connectivity index is 1.57. The lowest BCUT2D eigenvalue weighted by Gasteiger charge is -2.23. The van der Waals surface area contributed by atoms with Gasteiger partial charge in [-0.1, -0.05) is 29.6 Å². The molecule has 1 aliphatic heterocycles. The van der Waals surface area contributed by atoms with Crippen molar-refractivity contribution >= 4 is 11.6 Å². The third kappa shape index (κ3) is 2.38. The van der Waals surface area contributed by atoms with Crippen LogP contribution < -0.4 is 10.5 Å². The lowest BCUT2D eigenvalue weighted by atomic mass is 9.96. The van der Waals surface area contributed by atoms with E-state index in [1.165, 1.54) is 0 Å². The summed E-state index contributed by atoms with van der Waals surface area (Å²) in [6.07, 6.45) is 4.88. The predicted octanol–water partition coefficient (Wildman–Crippen LogP) is 3.17. The van der Waals surface area contributed by atoms with Crippen LogP contribution in [0.1, 0.15) is 48.9 Å². The van der Waals surface area contributed by atoms with Gasteiger partial charge in [0.15, 0.2) is 5.82 Å². The van der Waals surface area contributed by atoms with E-state index in [-0.39, 0.29) is 5.92 Å².